The fourth-order valence-electron chi connectivity index (χ4n) is 4.18. The Morgan fingerprint density at radius 1 is 0.971 bits per heavy atom. The second-order valence-electron chi connectivity index (χ2n) is 8.49. The molecule has 0 aromatic heterocycles. The van der Waals surface area contributed by atoms with Gasteiger partial charge in [-0.2, -0.15) is 4.31 Å². The predicted octanol–water partition coefficient (Wildman–Crippen LogP) is 2.89. The summed E-state index contributed by atoms with van der Waals surface area (Å²) < 4.78 is 44.3. The number of rotatable bonds is 9. The van der Waals surface area contributed by atoms with E-state index in [9.17, 15) is 13.2 Å². The summed E-state index contributed by atoms with van der Waals surface area (Å²) in [5.74, 6) is 0.688. The second-order valence-corrected chi connectivity index (χ2v) is 10.4. The van der Waals surface area contributed by atoms with E-state index in [0.29, 0.717) is 71.2 Å². The van der Waals surface area contributed by atoms with Crippen molar-refractivity contribution in [3.05, 3.63) is 53.6 Å². The zero-order valence-corrected chi connectivity index (χ0v) is 20.4. The Morgan fingerprint density at radius 3 is 2.38 bits per heavy atom. The number of morpholine rings is 2. The first kappa shape index (κ1) is 24.7. The van der Waals surface area contributed by atoms with E-state index in [2.05, 4.69) is 4.90 Å². The van der Waals surface area contributed by atoms with Crippen LogP contribution in [-0.2, 0) is 19.5 Å². The number of hydrogen-bond acceptors (Lipinski definition) is 7. The summed E-state index contributed by atoms with van der Waals surface area (Å²) in [5.41, 5.74) is 2.31. The van der Waals surface area contributed by atoms with Crippen LogP contribution < -0.4 is 9.64 Å². The van der Waals surface area contributed by atoms with Crippen LogP contribution in [0, 0.1) is 6.92 Å². The smallest absolute Gasteiger partial charge is 0.243 e. The molecule has 0 amide bonds. The molecule has 0 bridgehead atoms. The van der Waals surface area contributed by atoms with Gasteiger partial charge in [-0.15, -0.1) is 0 Å². The van der Waals surface area contributed by atoms with Gasteiger partial charge in [0.05, 0.1) is 37.9 Å². The van der Waals surface area contributed by atoms with Crippen LogP contribution >= 0.6 is 0 Å². The first-order valence-electron chi connectivity index (χ1n) is 11.7. The number of carbonyl (C=O) groups is 1. The van der Waals surface area contributed by atoms with Gasteiger partial charge in [-0.05, 0) is 49.2 Å². The van der Waals surface area contributed by atoms with Crippen molar-refractivity contribution < 1.29 is 27.4 Å². The van der Waals surface area contributed by atoms with Gasteiger partial charge in [0.25, 0.3) is 0 Å². The molecule has 0 saturated carbocycles. The minimum atomic E-state index is -3.70. The van der Waals surface area contributed by atoms with Crippen LogP contribution in [-0.4, -0.2) is 77.7 Å². The largest absolute Gasteiger partial charge is 0.494 e. The van der Waals surface area contributed by atoms with E-state index in [1.165, 1.54) is 4.31 Å². The van der Waals surface area contributed by atoms with E-state index in [0.717, 1.165) is 17.0 Å². The van der Waals surface area contributed by atoms with Crippen molar-refractivity contribution in [2.45, 2.75) is 24.7 Å². The number of ether oxygens (including phenoxy) is 3. The molecule has 8 nitrogen and oxygen atoms in total. The van der Waals surface area contributed by atoms with E-state index in [1.54, 1.807) is 18.2 Å². The molecular weight excluding hydrogens is 456 g/mol. The monoisotopic (exact) mass is 488 g/mol. The molecule has 0 spiro atoms. The summed E-state index contributed by atoms with van der Waals surface area (Å²) in [5, 5.41) is 0. The number of benzene rings is 2. The summed E-state index contributed by atoms with van der Waals surface area (Å²) in [6.45, 7) is 6.25. The summed E-state index contributed by atoms with van der Waals surface area (Å²) >= 11 is 0. The third-order valence-corrected chi connectivity index (χ3v) is 7.93. The SMILES string of the molecule is Cc1cccc(OCCCC(=O)c2cc(S(=O)(=O)N3CCOCC3)ccc2N2CCOCC2)c1. The lowest BCUT2D eigenvalue weighted by Gasteiger charge is -2.31. The number of nitrogens with zero attached hydrogens (tertiary/aromatic N) is 2. The van der Waals surface area contributed by atoms with Crippen LogP contribution in [0.5, 0.6) is 5.75 Å². The molecule has 34 heavy (non-hydrogen) atoms. The maximum absolute atomic E-state index is 13.3. The van der Waals surface area contributed by atoms with Gasteiger partial charge in [-0.25, -0.2) is 8.42 Å². The van der Waals surface area contributed by atoms with Crippen molar-refractivity contribution in [3.63, 3.8) is 0 Å². The molecule has 2 fully saturated rings. The average Bonchev–Trinajstić information content (AvgIpc) is 2.87. The van der Waals surface area contributed by atoms with Gasteiger partial charge in [0.2, 0.25) is 10.0 Å². The number of ketones is 1. The van der Waals surface area contributed by atoms with Gasteiger partial charge >= 0.3 is 0 Å². The molecule has 2 heterocycles. The zero-order valence-electron chi connectivity index (χ0n) is 19.6. The van der Waals surface area contributed by atoms with Gasteiger partial charge < -0.3 is 19.1 Å². The minimum absolute atomic E-state index is 0.0895. The molecule has 184 valence electrons. The maximum Gasteiger partial charge on any atom is 0.243 e. The normalized spacial score (nSPS) is 17.5. The van der Waals surface area contributed by atoms with Gasteiger partial charge in [-0.1, -0.05) is 12.1 Å². The number of anilines is 1. The van der Waals surface area contributed by atoms with E-state index in [-0.39, 0.29) is 17.1 Å². The van der Waals surface area contributed by atoms with Gasteiger partial charge in [-0.3, -0.25) is 4.79 Å². The molecule has 0 N–H and O–H groups in total. The van der Waals surface area contributed by atoms with Crippen LogP contribution in [0.15, 0.2) is 47.4 Å². The lowest BCUT2D eigenvalue weighted by atomic mass is 10.0. The van der Waals surface area contributed by atoms with Crippen LogP contribution in [0.4, 0.5) is 5.69 Å². The van der Waals surface area contributed by atoms with Crippen LogP contribution in [0.3, 0.4) is 0 Å². The Bertz CT molecular complexity index is 1090. The summed E-state index contributed by atoms with van der Waals surface area (Å²) in [4.78, 5) is 15.5. The number of carbonyl (C=O) groups excluding carboxylic acids is 1. The van der Waals surface area contributed by atoms with Crippen molar-refractivity contribution in [3.8, 4) is 5.75 Å². The summed E-state index contributed by atoms with van der Waals surface area (Å²) in [7, 11) is -3.70. The van der Waals surface area contributed by atoms with Gasteiger partial charge in [0.1, 0.15) is 5.75 Å². The van der Waals surface area contributed by atoms with Crippen LogP contribution in [0.2, 0.25) is 0 Å². The highest BCUT2D eigenvalue weighted by Gasteiger charge is 2.28. The van der Waals surface area contributed by atoms with Crippen molar-refractivity contribution in [2.24, 2.45) is 0 Å². The molecule has 2 aliphatic rings. The second kappa shape index (κ2) is 11.3. The Morgan fingerprint density at radius 2 is 1.68 bits per heavy atom. The summed E-state index contributed by atoms with van der Waals surface area (Å²) in [6, 6.07) is 12.7. The average molecular weight is 489 g/mol. The molecule has 0 unspecified atom stereocenters. The van der Waals surface area contributed by atoms with Crippen molar-refractivity contribution >= 4 is 21.5 Å². The molecular formula is C25H32N2O6S. The Hall–Kier alpha value is -2.46. The summed E-state index contributed by atoms with van der Waals surface area (Å²) in [6.07, 6.45) is 0.806. The van der Waals surface area contributed by atoms with Gasteiger partial charge in [0.15, 0.2) is 5.78 Å². The standard InChI is InChI=1S/C25H32N2O6S/c1-20-4-2-5-21(18-20)33-13-3-6-25(28)23-19-22(34(29,30)27-11-16-32-17-12-27)7-8-24(23)26-9-14-31-15-10-26/h2,4-5,7-8,18-19H,3,6,9-17H2,1H3. The number of aryl methyl sites for hydroxylation is 1. The van der Waals surface area contributed by atoms with E-state index in [1.807, 2.05) is 31.2 Å². The van der Waals surface area contributed by atoms with Crippen LogP contribution in [0.1, 0.15) is 28.8 Å². The van der Waals surface area contributed by atoms with Crippen molar-refractivity contribution in [1.82, 2.24) is 4.31 Å². The first-order valence-corrected chi connectivity index (χ1v) is 13.2. The molecule has 0 atom stereocenters. The first-order chi connectivity index (χ1) is 16.4. The van der Waals surface area contributed by atoms with Crippen molar-refractivity contribution in [2.75, 3.05) is 64.1 Å². The number of hydrogen-bond donors (Lipinski definition) is 0. The molecule has 0 aliphatic carbocycles. The number of sulfonamides is 1. The molecule has 9 heteroatoms. The fourth-order valence-corrected chi connectivity index (χ4v) is 5.61. The van der Waals surface area contributed by atoms with Crippen LogP contribution in [0.25, 0.3) is 0 Å². The number of Topliss-reactive ketones (excluding diaryl/α,β-unsaturated/α-hetero) is 1. The third kappa shape index (κ3) is 5.96. The molecule has 2 aliphatic heterocycles. The molecule has 2 saturated heterocycles. The molecule has 0 radical (unpaired) electrons. The Kier molecular flexibility index (Phi) is 8.20. The Labute approximate surface area is 201 Å². The molecule has 2 aromatic rings. The van der Waals surface area contributed by atoms with Crippen molar-refractivity contribution in [1.29, 1.82) is 0 Å². The van der Waals surface area contributed by atoms with Gasteiger partial charge in [0, 0.05) is 43.9 Å². The van der Waals surface area contributed by atoms with E-state index >= 15 is 0 Å². The minimum Gasteiger partial charge on any atom is -0.494 e. The lowest BCUT2D eigenvalue weighted by Crippen LogP contribution is -2.40. The molecule has 4 rings (SSSR count). The van der Waals surface area contributed by atoms with E-state index < -0.39 is 10.0 Å². The predicted molar refractivity (Wildman–Crippen MR) is 129 cm³/mol. The fraction of sp³-hybridized carbons (Fsp3) is 0.480. The molecule has 2 aromatic carbocycles. The Balaban J connectivity index is 1.51. The zero-order chi connectivity index (χ0) is 24.0. The highest BCUT2D eigenvalue weighted by molar-refractivity contribution is 7.89. The third-order valence-electron chi connectivity index (χ3n) is 6.03. The highest BCUT2D eigenvalue weighted by Crippen LogP contribution is 2.28. The quantitative estimate of drug-likeness (QED) is 0.396. The lowest BCUT2D eigenvalue weighted by molar-refractivity contribution is 0.0730. The van der Waals surface area contributed by atoms with E-state index in [4.69, 9.17) is 14.2 Å². The maximum atomic E-state index is 13.3. The highest BCUT2D eigenvalue weighted by atomic mass is 32.2. The topological polar surface area (TPSA) is 85.4 Å².